The summed E-state index contributed by atoms with van der Waals surface area (Å²) in [4.78, 5) is 12.1. The monoisotopic (exact) mass is 262 g/mol. The van der Waals surface area contributed by atoms with Crippen molar-refractivity contribution < 1.29 is 13.9 Å². The zero-order chi connectivity index (χ0) is 14.0. The van der Waals surface area contributed by atoms with Crippen molar-refractivity contribution in [2.45, 2.75) is 13.3 Å². The number of ether oxygens (including phenoxy) is 1. The number of aryl methyl sites for hydroxylation is 2. The maximum absolute atomic E-state index is 13.5. The number of carbonyl (C=O) groups excluding carboxylic acids is 1. The molecule has 4 nitrogen and oxygen atoms in total. The van der Waals surface area contributed by atoms with Crippen LogP contribution in [0, 0.1) is 12.7 Å². The second-order valence-corrected chi connectivity index (χ2v) is 4.35. The fraction of sp³-hybridized carbons (Fsp3) is 0.286. The Kier molecular flexibility index (Phi) is 3.64. The van der Waals surface area contributed by atoms with Crippen LogP contribution in [-0.2, 0) is 13.5 Å². The van der Waals surface area contributed by atoms with Gasteiger partial charge in [0.2, 0.25) is 0 Å². The zero-order valence-corrected chi connectivity index (χ0v) is 11.1. The number of methoxy groups -OCH3 is 1. The number of aromatic nitrogens is 2. The van der Waals surface area contributed by atoms with Gasteiger partial charge in [-0.3, -0.25) is 9.48 Å². The molecule has 0 radical (unpaired) electrons. The van der Waals surface area contributed by atoms with Crippen LogP contribution in [0.1, 0.15) is 21.7 Å². The van der Waals surface area contributed by atoms with Crippen LogP contribution in [0.15, 0.2) is 24.3 Å². The first-order chi connectivity index (χ1) is 9.01. The molecule has 100 valence electrons. The van der Waals surface area contributed by atoms with Gasteiger partial charge < -0.3 is 4.74 Å². The number of nitrogens with zero attached hydrogens (tertiary/aromatic N) is 2. The minimum absolute atomic E-state index is 0.132. The van der Waals surface area contributed by atoms with E-state index in [1.54, 1.807) is 17.8 Å². The Morgan fingerprint density at radius 2 is 2.16 bits per heavy atom. The van der Waals surface area contributed by atoms with Gasteiger partial charge in [-0.05, 0) is 31.2 Å². The van der Waals surface area contributed by atoms with Crippen molar-refractivity contribution in [3.05, 3.63) is 47.0 Å². The second-order valence-electron chi connectivity index (χ2n) is 4.35. The van der Waals surface area contributed by atoms with Gasteiger partial charge in [0.25, 0.3) is 0 Å². The van der Waals surface area contributed by atoms with E-state index in [-0.39, 0.29) is 18.0 Å². The van der Waals surface area contributed by atoms with Gasteiger partial charge in [0.05, 0.1) is 19.2 Å². The summed E-state index contributed by atoms with van der Waals surface area (Å²) in [5, 5.41) is 4.17. The summed E-state index contributed by atoms with van der Waals surface area (Å²) < 4.78 is 20.0. The molecule has 2 aromatic rings. The lowest BCUT2D eigenvalue weighted by Crippen LogP contribution is -2.08. The highest BCUT2D eigenvalue weighted by molar-refractivity contribution is 5.97. The van der Waals surface area contributed by atoms with Crippen molar-refractivity contribution in [3.63, 3.8) is 0 Å². The average molecular weight is 262 g/mol. The molecular formula is C14H15FN2O2. The first-order valence-corrected chi connectivity index (χ1v) is 5.87. The van der Waals surface area contributed by atoms with E-state index < -0.39 is 5.82 Å². The van der Waals surface area contributed by atoms with Crippen LogP contribution in [0.3, 0.4) is 0 Å². The van der Waals surface area contributed by atoms with Crippen LogP contribution in [0.4, 0.5) is 4.39 Å². The Morgan fingerprint density at radius 1 is 1.42 bits per heavy atom. The van der Waals surface area contributed by atoms with Gasteiger partial charge in [0, 0.05) is 18.3 Å². The Hall–Kier alpha value is -2.17. The Bertz CT molecular complexity index is 620. The fourth-order valence-corrected chi connectivity index (χ4v) is 1.94. The van der Waals surface area contributed by atoms with Crippen molar-refractivity contribution in [1.82, 2.24) is 9.78 Å². The summed E-state index contributed by atoms with van der Waals surface area (Å²) >= 11 is 0. The maximum Gasteiger partial charge on any atom is 0.168 e. The Balaban J connectivity index is 2.20. The average Bonchev–Trinajstić information content (AvgIpc) is 2.67. The topological polar surface area (TPSA) is 44.1 Å². The minimum Gasteiger partial charge on any atom is -0.494 e. The SMILES string of the molecule is COc1ccc(C(=O)Cc2cc(C)nn2C)cc1F. The van der Waals surface area contributed by atoms with Gasteiger partial charge in [-0.2, -0.15) is 5.10 Å². The van der Waals surface area contributed by atoms with Gasteiger partial charge in [0.15, 0.2) is 17.3 Å². The highest BCUT2D eigenvalue weighted by atomic mass is 19.1. The number of rotatable bonds is 4. The number of halogens is 1. The number of hydrogen-bond donors (Lipinski definition) is 0. The smallest absolute Gasteiger partial charge is 0.168 e. The molecular weight excluding hydrogens is 247 g/mol. The molecule has 19 heavy (non-hydrogen) atoms. The van der Waals surface area contributed by atoms with Crippen LogP contribution >= 0.6 is 0 Å². The molecule has 0 aliphatic heterocycles. The molecule has 0 N–H and O–H groups in total. The van der Waals surface area contributed by atoms with Crippen molar-refractivity contribution in [2.75, 3.05) is 7.11 Å². The van der Waals surface area contributed by atoms with E-state index in [0.717, 1.165) is 11.4 Å². The second kappa shape index (κ2) is 5.22. The maximum atomic E-state index is 13.5. The summed E-state index contributed by atoms with van der Waals surface area (Å²) in [6.07, 6.45) is 0.198. The molecule has 0 unspecified atom stereocenters. The molecule has 1 aromatic heterocycles. The van der Waals surface area contributed by atoms with E-state index in [4.69, 9.17) is 4.74 Å². The molecule has 0 spiro atoms. The van der Waals surface area contributed by atoms with Crippen LogP contribution in [0.5, 0.6) is 5.75 Å². The minimum atomic E-state index is -0.533. The van der Waals surface area contributed by atoms with E-state index in [2.05, 4.69) is 5.10 Å². The molecule has 0 bridgehead atoms. The summed E-state index contributed by atoms with van der Waals surface area (Å²) in [5.74, 6) is -0.549. The highest BCUT2D eigenvalue weighted by Gasteiger charge is 2.13. The molecule has 2 rings (SSSR count). The third kappa shape index (κ3) is 2.81. The van der Waals surface area contributed by atoms with Gasteiger partial charge in [0.1, 0.15) is 0 Å². The quantitative estimate of drug-likeness (QED) is 0.794. The molecule has 1 aromatic carbocycles. The molecule has 0 amide bonds. The van der Waals surface area contributed by atoms with E-state index in [0.29, 0.717) is 5.56 Å². The van der Waals surface area contributed by atoms with Crippen molar-refractivity contribution >= 4 is 5.78 Å². The van der Waals surface area contributed by atoms with Crippen LogP contribution < -0.4 is 4.74 Å². The fourth-order valence-electron chi connectivity index (χ4n) is 1.94. The molecule has 0 atom stereocenters. The lowest BCUT2D eigenvalue weighted by molar-refractivity contribution is 0.0990. The molecule has 1 heterocycles. The van der Waals surface area contributed by atoms with Crippen molar-refractivity contribution in [2.24, 2.45) is 7.05 Å². The largest absolute Gasteiger partial charge is 0.494 e. The molecule has 0 fully saturated rings. The van der Waals surface area contributed by atoms with Gasteiger partial charge in [-0.1, -0.05) is 0 Å². The van der Waals surface area contributed by atoms with Crippen LogP contribution in [0.25, 0.3) is 0 Å². The molecule has 0 aliphatic rings. The van der Waals surface area contributed by atoms with Gasteiger partial charge in [-0.15, -0.1) is 0 Å². The van der Waals surface area contributed by atoms with E-state index in [9.17, 15) is 9.18 Å². The van der Waals surface area contributed by atoms with Crippen LogP contribution in [0.2, 0.25) is 0 Å². The third-order valence-electron chi connectivity index (χ3n) is 2.91. The normalized spacial score (nSPS) is 10.5. The van der Waals surface area contributed by atoms with E-state index >= 15 is 0 Å². The predicted octanol–water partition coefficient (Wildman–Crippen LogP) is 2.30. The number of carbonyl (C=O) groups is 1. The first-order valence-electron chi connectivity index (χ1n) is 5.87. The van der Waals surface area contributed by atoms with E-state index in [1.807, 2.05) is 13.0 Å². The number of benzene rings is 1. The molecule has 0 aliphatic carbocycles. The first kappa shape index (κ1) is 13.3. The third-order valence-corrected chi connectivity index (χ3v) is 2.91. The van der Waals surface area contributed by atoms with Gasteiger partial charge >= 0.3 is 0 Å². The predicted molar refractivity (Wildman–Crippen MR) is 68.9 cm³/mol. The van der Waals surface area contributed by atoms with Crippen LogP contribution in [-0.4, -0.2) is 22.7 Å². The molecule has 0 saturated heterocycles. The summed E-state index contributed by atoms with van der Waals surface area (Å²) in [7, 11) is 3.17. The number of ketones is 1. The zero-order valence-electron chi connectivity index (χ0n) is 11.1. The summed E-state index contributed by atoms with van der Waals surface area (Å²) in [6, 6.07) is 6.06. The molecule has 0 saturated carbocycles. The molecule has 5 heteroatoms. The van der Waals surface area contributed by atoms with Crippen molar-refractivity contribution in [1.29, 1.82) is 0 Å². The number of Topliss-reactive ketones (excluding diaryl/α,β-unsaturated/α-hetero) is 1. The Morgan fingerprint density at radius 3 is 2.68 bits per heavy atom. The lowest BCUT2D eigenvalue weighted by atomic mass is 10.1. The standard InChI is InChI=1S/C14H15FN2O2/c1-9-6-11(17(2)16-9)8-13(18)10-4-5-14(19-3)12(15)7-10/h4-7H,8H2,1-3H3. The summed E-state index contributed by atoms with van der Waals surface area (Å²) in [6.45, 7) is 1.86. The van der Waals surface area contributed by atoms with Gasteiger partial charge in [-0.25, -0.2) is 4.39 Å². The lowest BCUT2D eigenvalue weighted by Gasteiger charge is -2.05. The Labute approximate surface area is 110 Å². The number of hydrogen-bond acceptors (Lipinski definition) is 3. The summed E-state index contributed by atoms with van der Waals surface area (Å²) in [5.41, 5.74) is 1.99. The van der Waals surface area contributed by atoms with Crippen molar-refractivity contribution in [3.8, 4) is 5.75 Å². The van der Waals surface area contributed by atoms with E-state index in [1.165, 1.54) is 19.2 Å². The highest BCUT2D eigenvalue weighted by Crippen LogP contribution is 2.19.